The smallest absolute Gasteiger partial charge is 0.317 e. The largest absolute Gasteiger partial charge is 0.481 e. The maximum absolute atomic E-state index is 11.4. The van der Waals surface area contributed by atoms with E-state index in [9.17, 15) is 30.0 Å². The Bertz CT molecular complexity index is 709. The second kappa shape index (κ2) is 8.02. The Hall–Kier alpha value is -1.14. The predicted octanol–water partition coefficient (Wildman–Crippen LogP) is 3.79. The van der Waals surface area contributed by atoms with Crippen LogP contribution in [0.5, 0.6) is 0 Å². The lowest BCUT2D eigenvalue weighted by atomic mass is 9.43. The minimum Gasteiger partial charge on any atom is -0.481 e. The number of rotatable bonds is 5. The lowest BCUT2D eigenvalue weighted by Gasteiger charge is -2.62. The summed E-state index contributed by atoms with van der Waals surface area (Å²) in [7, 11) is 0. The summed E-state index contributed by atoms with van der Waals surface area (Å²) in [6.07, 6.45) is 7.26. The molecule has 6 nitrogen and oxygen atoms in total. The SMILES string of the molecule is C[C@H](CC(C(=O)O)C(=O)O)[C@H]1CC[C@H]2[C@@H]3[C@H](O)CC4C[C@H](O)CC[C@]4(C)[C@H]3CC[C@]12C. The quantitative estimate of drug-likeness (QED) is 0.488. The molecule has 0 bridgehead atoms. The molecule has 0 heterocycles. The summed E-state index contributed by atoms with van der Waals surface area (Å²) < 4.78 is 0. The molecular formula is C25H40O6. The maximum Gasteiger partial charge on any atom is 0.317 e. The third-order valence-electron chi connectivity index (χ3n) is 10.6. The molecule has 4 N–H and O–H groups in total. The summed E-state index contributed by atoms with van der Waals surface area (Å²) in [6, 6.07) is 0. The first-order valence-electron chi connectivity index (χ1n) is 12.3. The molecule has 4 aliphatic rings. The van der Waals surface area contributed by atoms with Crippen LogP contribution in [0, 0.1) is 52.3 Å². The monoisotopic (exact) mass is 436 g/mol. The minimum atomic E-state index is -1.34. The Morgan fingerprint density at radius 3 is 2.16 bits per heavy atom. The molecule has 6 heteroatoms. The van der Waals surface area contributed by atoms with Crippen LogP contribution in [-0.4, -0.2) is 44.6 Å². The summed E-state index contributed by atoms with van der Waals surface area (Å²) in [6.45, 7) is 6.75. The molecular weight excluding hydrogens is 396 g/mol. The molecule has 4 saturated carbocycles. The second-order valence-corrected chi connectivity index (χ2v) is 11.9. The number of carboxylic acid groups (broad SMARTS) is 2. The van der Waals surface area contributed by atoms with Gasteiger partial charge in [-0.2, -0.15) is 0 Å². The molecule has 4 rings (SSSR count). The van der Waals surface area contributed by atoms with Gasteiger partial charge >= 0.3 is 11.9 Å². The van der Waals surface area contributed by atoms with Gasteiger partial charge in [0.2, 0.25) is 0 Å². The molecule has 0 aromatic rings. The van der Waals surface area contributed by atoms with Gasteiger partial charge < -0.3 is 20.4 Å². The van der Waals surface area contributed by atoms with Crippen molar-refractivity contribution in [3.8, 4) is 0 Å². The van der Waals surface area contributed by atoms with Crippen LogP contribution in [0.15, 0.2) is 0 Å². The molecule has 176 valence electrons. The van der Waals surface area contributed by atoms with Gasteiger partial charge in [0.05, 0.1) is 12.2 Å². The van der Waals surface area contributed by atoms with Crippen LogP contribution in [0.4, 0.5) is 0 Å². The Labute approximate surface area is 185 Å². The molecule has 0 amide bonds. The van der Waals surface area contributed by atoms with E-state index in [2.05, 4.69) is 13.8 Å². The Balaban J connectivity index is 1.55. The predicted molar refractivity (Wildman–Crippen MR) is 115 cm³/mol. The third kappa shape index (κ3) is 3.62. The lowest BCUT2D eigenvalue weighted by Crippen LogP contribution is -2.58. The molecule has 0 spiro atoms. The molecule has 4 fully saturated rings. The number of aliphatic hydroxyl groups excluding tert-OH is 2. The zero-order valence-corrected chi connectivity index (χ0v) is 19.2. The highest BCUT2D eigenvalue weighted by molar-refractivity contribution is 5.92. The van der Waals surface area contributed by atoms with Crippen molar-refractivity contribution < 1.29 is 30.0 Å². The van der Waals surface area contributed by atoms with Crippen LogP contribution >= 0.6 is 0 Å². The van der Waals surface area contributed by atoms with Crippen LogP contribution in [0.2, 0.25) is 0 Å². The first-order valence-corrected chi connectivity index (χ1v) is 12.3. The van der Waals surface area contributed by atoms with Crippen molar-refractivity contribution in [3.63, 3.8) is 0 Å². The van der Waals surface area contributed by atoms with Gasteiger partial charge in [0.1, 0.15) is 0 Å². The average molecular weight is 437 g/mol. The van der Waals surface area contributed by atoms with Crippen molar-refractivity contribution in [1.82, 2.24) is 0 Å². The van der Waals surface area contributed by atoms with Crippen LogP contribution < -0.4 is 0 Å². The van der Waals surface area contributed by atoms with E-state index in [1.807, 2.05) is 6.92 Å². The van der Waals surface area contributed by atoms with Gasteiger partial charge in [-0.1, -0.05) is 20.8 Å². The Kier molecular flexibility index (Phi) is 5.96. The topological polar surface area (TPSA) is 115 Å². The van der Waals surface area contributed by atoms with Crippen LogP contribution in [0.1, 0.15) is 78.6 Å². The number of carboxylic acids is 2. The minimum absolute atomic E-state index is 0.0256. The van der Waals surface area contributed by atoms with Crippen molar-refractivity contribution in [2.45, 2.75) is 90.8 Å². The molecule has 0 aromatic heterocycles. The van der Waals surface area contributed by atoms with Crippen molar-refractivity contribution >= 4 is 11.9 Å². The summed E-state index contributed by atoms with van der Waals surface area (Å²) in [4.78, 5) is 22.9. The second-order valence-electron chi connectivity index (χ2n) is 11.9. The van der Waals surface area contributed by atoms with Crippen molar-refractivity contribution in [1.29, 1.82) is 0 Å². The van der Waals surface area contributed by atoms with E-state index in [1.54, 1.807) is 0 Å². The highest BCUT2D eigenvalue weighted by Gasteiger charge is 2.63. The number of hydrogen-bond acceptors (Lipinski definition) is 4. The Morgan fingerprint density at radius 2 is 1.52 bits per heavy atom. The zero-order valence-electron chi connectivity index (χ0n) is 19.2. The van der Waals surface area contributed by atoms with Crippen molar-refractivity contribution in [2.24, 2.45) is 52.3 Å². The maximum atomic E-state index is 11.4. The molecule has 1 unspecified atom stereocenters. The van der Waals surface area contributed by atoms with Gasteiger partial charge in [-0.05, 0) is 104 Å². The number of fused-ring (bicyclic) bond motifs is 5. The van der Waals surface area contributed by atoms with Crippen molar-refractivity contribution in [3.05, 3.63) is 0 Å². The number of aliphatic hydroxyl groups is 2. The van der Waals surface area contributed by atoms with Crippen LogP contribution in [-0.2, 0) is 9.59 Å². The van der Waals surface area contributed by atoms with E-state index in [1.165, 1.54) is 0 Å². The molecule has 0 saturated heterocycles. The number of hydrogen-bond donors (Lipinski definition) is 4. The number of aliphatic carboxylic acids is 2. The van der Waals surface area contributed by atoms with Gasteiger partial charge in [-0.25, -0.2) is 0 Å². The van der Waals surface area contributed by atoms with Gasteiger partial charge in [-0.15, -0.1) is 0 Å². The van der Waals surface area contributed by atoms with E-state index < -0.39 is 17.9 Å². The summed E-state index contributed by atoms with van der Waals surface area (Å²) in [5.41, 5.74) is 0.215. The fraction of sp³-hybridized carbons (Fsp3) is 0.920. The van der Waals surface area contributed by atoms with E-state index >= 15 is 0 Å². The van der Waals surface area contributed by atoms with E-state index in [0.717, 1.165) is 51.4 Å². The molecule has 0 aliphatic heterocycles. The standard InChI is InChI=1S/C25H40O6/c1-13(10-16(22(28)29)23(30)31)17-4-5-18-21-19(7-9-25(17,18)3)24(2)8-6-15(26)11-14(24)12-20(21)27/h13-21,26-27H,4-12H2,1-3H3,(H,28,29)(H,30,31)/t13-,14?,15-,17-,18+,19+,20-,21+,24+,25-/m1/s1. The summed E-state index contributed by atoms with van der Waals surface area (Å²) in [5.74, 6) is -1.97. The van der Waals surface area contributed by atoms with Crippen LogP contribution in [0.25, 0.3) is 0 Å². The van der Waals surface area contributed by atoms with Gasteiger partial charge in [0, 0.05) is 0 Å². The molecule has 31 heavy (non-hydrogen) atoms. The lowest BCUT2D eigenvalue weighted by molar-refractivity contribution is -0.174. The van der Waals surface area contributed by atoms with Gasteiger partial charge in [0.15, 0.2) is 5.92 Å². The first-order chi connectivity index (χ1) is 14.5. The van der Waals surface area contributed by atoms with Gasteiger partial charge in [-0.3, -0.25) is 9.59 Å². The first kappa shape index (κ1) is 23.0. The van der Waals surface area contributed by atoms with E-state index in [4.69, 9.17) is 0 Å². The highest BCUT2D eigenvalue weighted by Crippen LogP contribution is 2.68. The molecule has 0 aromatic carbocycles. The Morgan fingerprint density at radius 1 is 0.903 bits per heavy atom. The zero-order chi connectivity index (χ0) is 22.7. The highest BCUT2D eigenvalue weighted by atomic mass is 16.4. The fourth-order valence-electron chi connectivity index (χ4n) is 9.02. The normalized spacial score (nSPS) is 47.9. The van der Waals surface area contributed by atoms with E-state index in [-0.39, 0.29) is 41.3 Å². The summed E-state index contributed by atoms with van der Waals surface area (Å²) in [5, 5.41) is 40.2. The average Bonchev–Trinajstić information content (AvgIpc) is 3.04. The van der Waals surface area contributed by atoms with Crippen molar-refractivity contribution in [2.75, 3.05) is 0 Å². The van der Waals surface area contributed by atoms with E-state index in [0.29, 0.717) is 23.7 Å². The fourth-order valence-corrected chi connectivity index (χ4v) is 9.02. The molecule has 10 atom stereocenters. The summed E-state index contributed by atoms with van der Waals surface area (Å²) >= 11 is 0. The molecule has 0 radical (unpaired) electrons. The number of carbonyl (C=O) groups is 2. The third-order valence-corrected chi connectivity index (χ3v) is 10.6. The molecule has 4 aliphatic carbocycles. The van der Waals surface area contributed by atoms with Crippen LogP contribution in [0.3, 0.4) is 0 Å². The van der Waals surface area contributed by atoms with Gasteiger partial charge in [0.25, 0.3) is 0 Å².